The molecule has 2 aliphatic carbocycles. The summed E-state index contributed by atoms with van der Waals surface area (Å²) in [6, 6.07) is 0. The maximum Gasteiger partial charge on any atom is 0.329 e. The molecule has 2 nitrogen and oxygen atoms in total. The maximum atomic E-state index is 9.84. The highest BCUT2D eigenvalue weighted by Crippen LogP contribution is 2.37. The minimum atomic E-state index is -0.394. The van der Waals surface area contributed by atoms with Crippen LogP contribution in [0.5, 0.6) is 0 Å². The van der Waals surface area contributed by atoms with E-state index < -0.39 is 5.97 Å². The predicted molar refractivity (Wildman–Crippen MR) is 75.4 cm³/mol. The minimum absolute atomic E-state index is 0.394. The van der Waals surface area contributed by atoms with Gasteiger partial charge in [-0.25, -0.2) is 4.79 Å². The molecule has 18 heavy (non-hydrogen) atoms. The molecule has 0 radical (unpaired) electrons. The van der Waals surface area contributed by atoms with Crippen molar-refractivity contribution >= 4 is 5.97 Å². The molecule has 0 aromatic rings. The summed E-state index contributed by atoms with van der Waals surface area (Å²) < 4.78 is 4.14. The fourth-order valence-corrected chi connectivity index (χ4v) is 3.29. The van der Waals surface area contributed by atoms with Gasteiger partial charge in [-0.15, -0.1) is 0 Å². The van der Waals surface area contributed by atoms with E-state index in [4.69, 9.17) is 0 Å². The summed E-state index contributed by atoms with van der Waals surface area (Å²) in [7, 11) is 1.31. The van der Waals surface area contributed by atoms with Crippen LogP contribution in [0.4, 0.5) is 0 Å². The van der Waals surface area contributed by atoms with Gasteiger partial charge in [-0.3, -0.25) is 0 Å². The van der Waals surface area contributed by atoms with E-state index in [0.717, 1.165) is 17.9 Å². The zero-order valence-electron chi connectivity index (χ0n) is 11.8. The minimum Gasteiger partial charge on any atom is -0.466 e. The summed E-state index contributed by atoms with van der Waals surface area (Å²) in [5, 5.41) is 0. The Morgan fingerprint density at radius 3 is 1.56 bits per heavy atom. The molecule has 0 spiro atoms. The van der Waals surface area contributed by atoms with Gasteiger partial charge in [0.1, 0.15) is 0 Å². The summed E-state index contributed by atoms with van der Waals surface area (Å²) in [6.07, 6.45) is 16.5. The standard InChI is InChI=1S/C12H22.C4H6O2/c1-3-7-11(8-4-1)12-9-5-2-6-10-12;1-3-4(5)6-2/h11-12H,1-10H2;3H,1H2,2H3. The lowest BCUT2D eigenvalue weighted by Crippen LogP contribution is -2.20. The number of carbonyl (C=O) groups excluding carboxylic acids is 1. The SMILES string of the molecule is C1CCC(C2CCCCC2)CC1.C=CC(=O)OC. The first-order valence-electron chi connectivity index (χ1n) is 7.48. The van der Waals surface area contributed by atoms with Gasteiger partial charge in [0.2, 0.25) is 0 Å². The molecule has 0 atom stereocenters. The quantitative estimate of drug-likeness (QED) is 0.534. The number of esters is 1. The lowest BCUT2D eigenvalue weighted by atomic mass is 9.73. The number of ether oxygens (including phenoxy) is 1. The molecule has 2 fully saturated rings. The van der Waals surface area contributed by atoms with Crippen molar-refractivity contribution in [2.24, 2.45) is 11.8 Å². The second-order valence-electron chi connectivity index (χ2n) is 5.52. The Kier molecular flexibility index (Phi) is 7.79. The molecule has 0 heterocycles. The third kappa shape index (κ3) is 5.70. The molecule has 2 aliphatic rings. The number of hydrogen-bond acceptors (Lipinski definition) is 2. The Morgan fingerprint density at radius 2 is 1.33 bits per heavy atom. The highest BCUT2D eigenvalue weighted by molar-refractivity contribution is 5.80. The average Bonchev–Trinajstić information content (AvgIpc) is 2.49. The van der Waals surface area contributed by atoms with Crippen LogP contribution in [-0.2, 0) is 9.53 Å². The van der Waals surface area contributed by atoms with Gasteiger partial charge in [0.15, 0.2) is 0 Å². The molecule has 2 heteroatoms. The van der Waals surface area contributed by atoms with Crippen LogP contribution in [0.1, 0.15) is 64.2 Å². The molecular weight excluding hydrogens is 224 g/mol. The summed E-state index contributed by atoms with van der Waals surface area (Å²) in [4.78, 5) is 9.84. The van der Waals surface area contributed by atoms with Gasteiger partial charge in [0, 0.05) is 6.08 Å². The first-order chi connectivity index (χ1) is 8.77. The second kappa shape index (κ2) is 9.18. The zero-order valence-corrected chi connectivity index (χ0v) is 11.8. The van der Waals surface area contributed by atoms with Gasteiger partial charge in [-0.1, -0.05) is 70.8 Å². The molecule has 104 valence electrons. The average molecular weight is 252 g/mol. The first kappa shape index (κ1) is 15.3. The predicted octanol–water partition coefficient (Wildman–Crippen LogP) is 4.49. The molecule has 0 aliphatic heterocycles. The van der Waals surface area contributed by atoms with E-state index in [9.17, 15) is 4.79 Å². The third-order valence-corrected chi connectivity index (χ3v) is 4.33. The number of rotatable bonds is 2. The summed E-state index contributed by atoms with van der Waals surface area (Å²) in [5.41, 5.74) is 0. The van der Waals surface area contributed by atoms with E-state index in [0.29, 0.717) is 0 Å². The van der Waals surface area contributed by atoms with E-state index in [2.05, 4.69) is 11.3 Å². The van der Waals surface area contributed by atoms with Crippen LogP contribution in [0.2, 0.25) is 0 Å². The van der Waals surface area contributed by atoms with E-state index in [1.807, 2.05) is 0 Å². The van der Waals surface area contributed by atoms with Crippen molar-refractivity contribution in [3.05, 3.63) is 12.7 Å². The van der Waals surface area contributed by atoms with Crippen LogP contribution in [0.3, 0.4) is 0 Å². The lowest BCUT2D eigenvalue weighted by molar-refractivity contribution is -0.134. The molecule has 0 amide bonds. The molecule has 0 N–H and O–H groups in total. The van der Waals surface area contributed by atoms with E-state index >= 15 is 0 Å². The molecular formula is C16H28O2. The smallest absolute Gasteiger partial charge is 0.329 e. The lowest BCUT2D eigenvalue weighted by Gasteiger charge is -2.32. The Labute approximate surface area is 112 Å². The van der Waals surface area contributed by atoms with Crippen LogP contribution in [0, 0.1) is 11.8 Å². The third-order valence-electron chi connectivity index (χ3n) is 4.33. The highest BCUT2D eigenvalue weighted by Gasteiger charge is 2.24. The molecule has 2 saturated carbocycles. The Bertz CT molecular complexity index is 219. The highest BCUT2D eigenvalue weighted by atomic mass is 16.5. The van der Waals surface area contributed by atoms with Crippen molar-refractivity contribution in [3.63, 3.8) is 0 Å². The van der Waals surface area contributed by atoms with Gasteiger partial charge in [0.25, 0.3) is 0 Å². The fraction of sp³-hybridized carbons (Fsp3) is 0.812. The largest absolute Gasteiger partial charge is 0.466 e. The molecule has 0 aromatic heterocycles. The number of methoxy groups -OCH3 is 1. The normalized spacial score (nSPS) is 21.6. The Hall–Kier alpha value is -0.790. The Balaban J connectivity index is 0.000000232. The summed E-state index contributed by atoms with van der Waals surface area (Å²) >= 11 is 0. The second-order valence-corrected chi connectivity index (χ2v) is 5.52. The molecule has 0 aromatic carbocycles. The monoisotopic (exact) mass is 252 g/mol. The summed E-state index contributed by atoms with van der Waals surface area (Å²) in [5.74, 6) is 1.88. The molecule has 2 rings (SSSR count). The fourth-order valence-electron chi connectivity index (χ4n) is 3.29. The van der Waals surface area contributed by atoms with Gasteiger partial charge in [0.05, 0.1) is 7.11 Å². The maximum absolute atomic E-state index is 9.84. The van der Waals surface area contributed by atoms with E-state index in [-0.39, 0.29) is 0 Å². The van der Waals surface area contributed by atoms with Crippen molar-refractivity contribution < 1.29 is 9.53 Å². The zero-order chi connectivity index (χ0) is 13.2. The van der Waals surface area contributed by atoms with Crippen LogP contribution >= 0.6 is 0 Å². The van der Waals surface area contributed by atoms with Crippen LogP contribution in [-0.4, -0.2) is 13.1 Å². The van der Waals surface area contributed by atoms with E-state index in [1.54, 1.807) is 25.7 Å². The Morgan fingerprint density at radius 1 is 0.944 bits per heavy atom. The molecule has 0 unspecified atom stereocenters. The molecule has 0 bridgehead atoms. The van der Waals surface area contributed by atoms with Crippen LogP contribution in [0.25, 0.3) is 0 Å². The van der Waals surface area contributed by atoms with Crippen LogP contribution < -0.4 is 0 Å². The van der Waals surface area contributed by atoms with Crippen molar-refractivity contribution in [1.29, 1.82) is 0 Å². The topological polar surface area (TPSA) is 26.3 Å². The van der Waals surface area contributed by atoms with Crippen molar-refractivity contribution in [1.82, 2.24) is 0 Å². The van der Waals surface area contributed by atoms with Gasteiger partial charge in [-0.2, -0.15) is 0 Å². The number of hydrogen-bond donors (Lipinski definition) is 0. The summed E-state index contributed by atoms with van der Waals surface area (Å²) in [6.45, 7) is 3.16. The van der Waals surface area contributed by atoms with Gasteiger partial charge < -0.3 is 4.74 Å². The van der Waals surface area contributed by atoms with Gasteiger partial charge in [-0.05, 0) is 11.8 Å². The van der Waals surface area contributed by atoms with Crippen molar-refractivity contribution in [2.75, 3.05) is 7.11 Å². The van der Waals surface area contributed by atoms with Crippen molar-refractivity contribution in [3.8, 4) is 0 Å². The van der Waals surface area contributed by atoms with E-state index in [1.165, 1.54) is 45.6 Å². The van der Waals surface area contributed by atoms with Crippen LogP contribution in [0.15, 0.2) is 12.7 Å². The number of carbonyl (C=O) groups is 1. The van der Waals surface area contributed by atoms with Gasteiger partial charge >= 0.3 is 5.97 Å². The molecule has 0 saturated heterocycles. The first-order valence-corrected chi connectivity index (χ1v) is 7.48. The van der Waals surface area contributed by atoms with Crippen molar-refractivity contribution in [2.45, 2.75) is 64.2 Å².